The predicted octanol–water partition coefficient (Wildman–Crippen LogP) is 1.84. The lowest BCUT2D eigenvalue weighted by Crippen LogP contribution is -2.38. The van der Waals surface area contributed by atoms with Gasteiger partial charge in [-0.3, -0.25) is 4.79 Å². The standard InChI is InChI=1S/C16H21NO3/c1-4-9-20-15-7-5-13(6-8-15)16(19)17-14(11-18)10-12(2)3/h1,5-8,12,14,18H,9-11H2,2-3H3,(H,17,19). The van der Waals surface area contributed by atoms with Crippen LogP contribution in [-0.4, -0.2) is 30.3 Å². The topological polar surface area (TPSA) is 58.6 Å². The van der Waals surface area contributed by atoms with Gasteiger partial charge in [0.1, 0.15) is 12.4 Å². The molecule has 0 saturated heterocycles. The molecular weight excluding hydrogens is 254 g/mol. The number of aliphatic hydroxyl groups is 1. The Morgan fingerprint density at radius 1 is 1.40 bits per heavy atom. The molecule has 1 unspecified atom stereocenters. The Balaban J connectivity index is 2.60. The Labute approximate surface area is 120 Å². The van der Waals surface area contributed by atoms with Crippen LogP contribution in [0.4, 0.5) is 0 Å². The van der Waals surface area contributed by atoms with Crippen LogP contribution in [0.3, 0.4) is 0 Å². The SMILES string of the molecule is C#CCOc1ccc(C(=O)NC(CO)CC(C)C)cc1. The Kier molecular flexibility index (Phi) is 6.61. The molecule has 0 spiro atoms. The third kappa shape index (κ3) is 5.33. The number of aliphatic hydroxyl groups excluding tert-OH is 1. The number of nitrogens with one attached hydrogen (secondary N) is 1. The summed E-state index contributed by atoms with van der Waals surface area (Å²) in [6.45, 7) is 4.23. The Morgan fingerprint density at radius 2 is 2.05 bits per heavy atom. The maximum absolute atomic E-state index is 12.0. The van der Waals surface area contributed by atoms with Gasteiger partial charge in [0, 0.05) is 5.56 Å². The van der Waals surface area contributed by atoms with Crippen molar-refractivity contribution in [2.45, 2.75) is 26.3 Å². The van der Waals surface area contributed by atoms with Crippen LogP contribution < -0.4 is 10.1 Å². The minimum absolute atomic E-state index is 0.0622. The van der Waals surface area contributed by atoms with E-state index >= 15 is 0 Å². The van der Waals surface area contributed by atoms with E-state index in [2.05, 4.69) is 11.2 Å². The monoisotopic (exact) mass is 275 g/mol. The molecule has 1 aromatic rings. The largest absolute Gasteiger partial charge is 0.481 e. The molecule has 0 heterocycles. The number of ether oxygens (including phenoxy) is 1. The lowest BCUT2D eigenvalue weighted by atomic mass is 10.0. The smallest absolute Gasteiger partial charge is 0.251 e. The lowest BCUT2D eigenvalue weighted by molar-refractivity contribution is 0.0908. The van der Waals surface area contributed by atoms with Crippen LogP contribution >= 0.6 is 0 Å². The molecular formula is C16H21NO3. The predicted molar refractivity (Wildman–Crippen MR) is 78.6 cm³/mol. The van der Waals surface area contributed by atoms with E-state index in [1.54, 1.807) is 24.3 Å². The normalized spacial score (nSPS) is 11.8. The summed E-state index contributed by atoms with van der Waals surface area (Å²) in [5, 5.41) is 12.1. The average molecular weight is 275 g/mol. The van der Waals surface area contributed by atoms with Crippen molar-refractivity contribution in [1.82, 2.24) is 5.32 Å². The van der Waals surface area contributed by atoms with E-state index in [0.29, 0.717) is 17.2 Å². The van der Waals surface area contributed by atoms with Crippen molar-refractivity contribution < 1.29 is 14.6 Å². The van der Waals surface area contributed by atoms with Crippen LogP contribution in [0.15, 0.2) is 24.3 Å². The zero-order valence-corrected chi connectivity index (χ0v) is 11.9. The number of terminal acetylenes is 1. The van der Waals surface area contributed by atoms with E-state index in [0.717, 1.165) is 6.42 Å². The van der Waals surface area contributed by atoms with Gasteiger partial charge in [-0.1, -0.05) is 19.8 Å². The molecule has 0 aliphatic rings. The van der Waals surface area contributed by atoms with E-state index in [9.17, 15) is 9.90 Å². The van der Waals surface area contributed by atoms with Crippen molar-refractivity contribution >= 4 is 5.91 Å². The van der Waals surface area contributed by atoms with Gasteiger partial charge < -0.3 is 15.2 Å². The zero-order chi connectivity index (χ0) is 15.0. The van der Waals surface area contributed by atoms with Crippen LogP contribution in [0.2, 0.25) is 0 Å². The highest BCUT2D eigenvalue weighted by Gasteiger charge is 2.14. The van der Waals surface area contributed by atoms with Gasteiger partial charge in [0.2, 0.25) is 0 Å². The average Bonchev–Trinajstić information content (AvgIpc) is 2.44. The van der Waals surface area contributed by atoms with Crippen molar-refractivity contribution in [2.24, 2.45) is 5.92 Å². The van der Waals surface area contributed by atoms with E-state index in [1.807, 2.05) is 13.8 Å². The van der Waals surface area contributed by atoms with Gasteiger partial charge in [0.25, 0.3) is 5.91 Å². The number of hydrogen-bond donors (Lipinski definition) is 2. The highest BCUT2D eigenvalue weighted by Crippen LogP contribution is 2.12. The van der Waals surface area contributed by atoms with Gasteiger partial charge in [-0.2, -0.15) is 0 Å². The summed E-state index contributed by atoms with van der Waals surface area (Å²) in [6, 6.07) is 6.52. The van der Waals surface area contributed by atoms with Crippen LogP contribution in [0.5, 0.6) is 5.75 Å². The third-order valence-electron chi connectivity index (χ3n) is 2.75. The Bertz CT molecular complexity index is 460. The molecule has 0 aliphatic carbocycles. The summed E-state index contributed by atoms with van der Waals surface area (Å²) < 4.78 is 5.24. The molecule has 0 radical (unpaired) electrons. The van der Waals surface area contributed by atoms with Gasteiger partial charge in [-0.15, -0.1) is 6.42 Å². The summed E-state index contributed by atoms with van der Waals surface area (Å²) in [7, 11) is 0. The molecule has 108 valence electrons. The summed E-state index contributed by atoms with van der Waals surface area (Å²) in [4.78, 5) is 12.0. The van der Waals surface area contributed by atoms with Crippen molar-refractivity contribution in [3.8, 4) is 18.1 Å². The summed E-state index contributed by atoms with van der Waals surface area (Å²) in [5.74, 6) is 3.21. The minimum atomic E-state index is -0.222. The maximum atomic E-state index is 12.0. The first kappa shape index (κ1) is 16.1. The molecule has 0 bridgehead atoms. The molecule has 1 atom stereocenters. The molecule has 20 heavy (non-hydrogen) atoms. The molecule has 4 heteroatoms. The fraction of sp³-hybridized carbons (Fsp3) is 0.438. The lowest BCUT2D eigenvalue weighted by Gasteiger charge is -2.18. The summed E-state index contributed by atoms with van der Waals surface area (Å²) in [5.41, 5.74) is 0.528. The van der Waals surface area contributed by atoms with Gasteiger partial charge >= 0.3 is 0 Å². The summed E-state index contributed by atoms with van der Waals surface area (Å²) in [6.07, 6.45) is 5.84. The van der Waals surface area contributed by atoms with Gasteiger partial charge in [-0.05, 0) is 36.6 Å². The van der Waals surface area contributed by atoms with Crippen molar-refractivity contribution in [3.63, 3.8) is 0 Å². The molecule has 2 N–H and O–H groups in total. The molecule has 0 fully saturated rings. The highest BCUT2D eigenvalue weighted by atomic mass is 16.5. The van der Waals surface area contributed by atoms with Crippen LogP contribution in [0.25, 0.3) is 0 Å². The molecule has 1 aromatic carbocycles. The van der Waals surface area contributed by atoms with Crippen LogP contribution in [0.1, 0.15) is 30.6 Å². The van der Waals surface area contributed by atoms with E-state index in [4.69, 9.17) is 11.2 Å². The first-order chi connectivity index (χ1) is 9.56. The molecule has 1 amide bonds. The fourth-order valence-corrected chi connectivity index (χ4v) is 1.84. The maximum Gasteiger partial charge on any atom is 0.251 e. The van der Waals surface area contributed by atoms with Crippen molar-refractivity contribution in [2.75, 3.05) is 13.2 Å². The zero-order valence-electron chi connectivity index (χ0n) is 11.9. The van der Waals surface area contributed by atoms with Crippen molar-refractivity contribution in [3.05, 3.63) is 29.8 Å². The minimum Gasteiger partial charge on any atom is -0.481 e. The second-order valence-corrected chi connectivity index (χ2v) is 5.00. The number of benzene rings is 1. The number of amides is 1. The van der Waals surface area contributed by atoms with Crippen LogP contribution in [-0.2, 0) is 0 Å². The highest BCUT2D eigenvalue weighted by molar-refractivity contribution is 5.94. The number of carbonyl (C=O) groups excluding carboxylic acids is 1. The molecule has 0 saturated carbocycles. The second kappa shape index (κ2) is 8.23. The first-order valence-corrected chi connectivity index (χ1v) is 6.64. The van der Waals surface area contributed by atoms with E-state index < -0.39 is 0 Å². The molecule has 0 aliphatic heterocycles. The number of hydrogen-bond acceptors (Lipinski definition) is 3. The Morgan fingerprint density at radius 3 is 2.55 bits per heavy atom. The first-order valence-electron chi connectivity index (χ1n) is 6.64. The number of rotatable bonds is 7. The quantitative estimate of drug-likeness (QED) is 0.746. The summed E-state index contributed by atoms with van der Waals surface area (Å²) >= 11 is 0. The molecule has 1 rings (SSSR count). The van der Waals surface area contributed by atoms with Crippen molar-refractivity contribution in [1.29, 1.82) is 0 Å². The Hall–Kier alpha value is -1.99. The van der Waals surface area contributed by atoms with E-state index in [-0.39, 0.29) is 25.2 Å². The number of carbonyl (C=O) groups is 1. The molecule has 4 nitrogen and oxygen atoms in total. The van der Waals surface area contributed by atoms with Gasteiger partial charge in [-0.25, -0.2) is 0 Å². The molecule has 0 aromatic heterocycles. The third-order valence-corrected chi connectivity index (χ3v) is 2.75. The fourth-order valence-electron chi connectivity index (χ4n) is 1.84. The van der Waals surface area contributed by atoms with Gasteiger partial charge in [0.05, 0.1) is 12.6 Å². The van der Waals surface area contributed by atoms with Crippen LogP contribution in [0, 0.1) is 18.3 Å². The van der Waals surface area contributed by atoms with E-state index in [1.165, 1.54) is 0 Å². The second-order valence-electron chi connectivity index (χ2n) is 5.00. The van der Waals surface area contributed by atoms with Gasteiger partial charge in [0.15, 0.2) is 0 Å².